The summed E-state index contributed by atoms with van der Waals surface area (Å²) in [6.07, 6.45) is -1.03. The van der Waals surface area contributed by atoms with Crippen molar-refractivity contribution in [3.63, 3.8) is 0 Å². The molecular weight excluding hydrogens is 258 g/mol. The largest absolute Gasteiger partial charge is 0.487 e. The lowest BCUT2D eigenvalue weighted by atomic mass is 9.90. The van der Waals surface area contributed by atoms with Gasteiger partial charge in [0.2, 0.25) is 0 Å². The summed E-state index contributed by atoms with van der Waals surface area (Å²) in [5.41, 5.74) is 0. The topological polar surface area (TPSA) is 44.8 Å². The van der Waals surface area contributed by atoms with Crippen molar-refractivity contribution in [2.45, 2.75) is 18.6 Å². The van der Waals surface area contributed by atoms with E-state index >= 15 is 0 Å². The van der Waals surface area contributed by atoms with Crippen molar-refractivity contribution in [3.05, 3.63) is 29.8 Å². The highest BCUT2D eigenvalue weighted by Crippen LogP contribution is 2.26. The summed E-state index contributed by atoms with van der Waals surface area (Å²) < 4.78 is 41.4. The number of ketones is 1. The Bertz CT molecular complexity index is 444. The van der Waals surface area contributed by atoms with E-state index in [1.807, 2.05) is 0 Å². The maximum absolute atomic E-state index is 13.0. The van der Waals surface area contributed by atoms with E-state index in [1.54, 1.807) is 0 Å². The number of hydrogen-bond acceptors (Lipinski definition) is 4. The number of benzene rings is 1. The molecule has 0 radical (unpaired) electrons. The molecule has 0 spiro atoms. The average Bonchev–Trinajstić information content (AvgIpc) is 2.33. The first-order valence-corrected chi connectivity index (χ1v) is 5.86. The number of carbonyl (C=O) groups is 1. The first-order chi connectivity index (χ1) is 9.10. The highest BCUT2D eigenvalue weighted by atomic mass is 19.1. The monoisotopic (exact) mass is 272 g/mol. The molecule has 1 saturated carbocycles. The molecule has 1 aliphatic carbocycles. The van der Waals surface area contributed by atoms with Crippen LogP contribution in [0, 0.1) is 11.6 Å². The van der Waals surface area contributed by atoms with Gasteiger partial charge in [-0.15, -0.1) is 0 Å². The van der Waals surface area contributed by atoms with Crippen LogP contribution in [0.2, 0.25) is 0 Å². The highest BCUT2D eigenvalue weighted by molar-refractivity contribution is 5.90. The Morgan fingerprint density at radius 3 is 2.47 bits per heavy atom. The van der Waals surface area contributed by atoms with Crippen LogP contribution in [0.4, 0.5) is 8.78 Å². The second-order valence-electron chi connectivity index (χ2n) is 4.22. The number of Topliss-reactive ketones (excluding diaryl/α,β-unsaturated/α-hetero) is 1. The number of ether oxygens (including phenoxy) is 3. The standard InChI is InChI=1S/C13H14F2O4/c1-17-2-3-18-13-11(16)7-12(13)19-10-5-8(14)4-9(15)6-10/h4-6,12-13H,2-3,7H2,1H3. The van der Waals surface area contributed by atoms with Crippen LogP contribution in [0.25, 0.3) is 0 Å². The first-order valence-electron chi connectivity index (χ1n) is 5.86. The summed E-state index contributed by atoms with van der Waals surface area (Å²) >= 11 is 0. The summed E-state index contributed by atoms with van der Waals surface area (Å²) in [6.45, 7) is 0.634. The summed E-state index contributed by atoms with van der Waals surface area (Å²) in [5, 5.41) is 0. The Kier molecular flexibility index (Phi) is 4.44. The van der Waals surface area contributed by atoms with E-state index < -0.39 is 23.8 Å². The van der Waals surface area contributed by atoms with Crippen molar-refractivity contribution in [2.75, 3.05) is 20.3 Å². The van der Waals surface area contributed by atoms with Crippen molar-refractivity contribution < 1.29 is 27.8 Å². The minimum Gasteiger partial charge on any atom is -0.487 e. The molecule has 2 unspecified atom stereocenters. The van der Waals surface area contributed by atoms with Crippen LogP contribution >= 0.6 is 0 Å². The van der Waals surface area contributed by atoms with Crippen molar-refractivity contribution in [3.8, 4) is 5.75 Å². The predicted molar refractivity (Wildman–Crippen MR) is 62.0 cm³/mol. The van der Waals surface area contributed by atoms with Crippen molar-refractivity contribution in [1.82, 2.24) is 0 Å². The molecule has 1 fully saturated rings. The van der Waals surface area contributed by atoms with Crippen molar-refractivity contribution in [2.24, 2.45) is 0 Å². The molecule has 6 heteroatoms. The Balaban J connectivity index is 1.93. The van der Waals surface area contributed by atoms with Gasteiger partial charge in [0.1, 0.15) is 23.5 Å². The Morgan fingerprint density at radius 2 is 1.89 bits per heavy atom. The van der Waals surface area contributed by atoms with E-state index in [0.717, 1.165) is 18.2 Å². The lowest BCUT2D eigenvalue weighted by Crippen LogP contribution is -2.52. The van der Waals surface area contributed by atoms with Crippen LogP contribution in [0.3, 0.4) is 0 Å². The third-order valence-corrected chi connectivity index (χ3v) is 2.77. The molecule has 0 bridgehead atoms. The van der Waals surface area contributed by atoms with Gasteiger partial charge in [-0.1, -0.05) is 0 Å². The highest BCUT2D eigenvalue weighted by Gasteiger charge is 2.42. The molecule has 0 heterocycles. The number of rotatable bonds is 6. The molecule has 0 aromatic heterocycles. The smallest absolute Gasteiger partial charge is 0.169 e. The van der Waals surface area contributed by atoms with E-state index in [-0.39, 0.29) is 24.6 Å². The third-order valence-electron chi connectivity index (χ3n) is 2.77. The van der Waals surface area contributed by atoms with Crippen LogP contribution in [-0.4, -0.2) is 38.3 Å². The minimum absolute atomic E-state index is 0.0512. The lowest BCUT2D eigenvalue weighted by Gasteiger charge is -2.34. The Labute approximate surface area is 109 Å². The van der Waals surface area contributed by atoms with Gasteiger partial charge in [-0.05, 0) is 0 Å². The molecule has 4 nitrogen and oxygen atoms in total. The Morgan fingerprint density at radius 1 is 1.21 bits per heavy atom. The maximum Gasteiger partial charge on any atom is 0.169 e. The second kappa shape index (κ2) is 6.08. The normalized spacial score (nSPS) is 22.2. The van der Waals surface area contributed by atoms with Gasteiger partial charge in [-0.25, -0.2) is 8.78 Å². The number of halogens is 2. The van der Waals surface area contributed by atoms with E-state index in [0.29, 0.717) is 6.61 Å². The molecule has 19 heavy (non-hydrogen) atoms. The molecule has 0 amide bonds. The van der Waals surface area contributed by atoms with Gasteiger partial charge in [0.05, 0.1) is 13.2 Å². The van der Waals surface area contributed by atoms with E-state index in [4.69, 9.17) is 14.2 Å². The van der Waals surface area contributed by atoms with Crippen molar-refractivity contribution in [1.29, 1.82) is 0 Å². The average molecular weight is 272 g/mol. The number of methoxy groups -OCH3 is 1. The van der Waals surface area contributed by atoms with Crippen LogP contribution in [0.1, 0.15) is 6.42 Å². The predicted octanol–water partition coefficient (Wildman–Crippen LogP) is 1.72. The molecule has 2 atom stereocenters. The van der Waals surface area contributed by atoms with Gasteiger partial charge in [-0.3, -0.25) is 4.79 Å². The number of carbonyl (C=O) groups excluding carboxylic acids is 1. The van der Waals surface area contributed by atoms with Crippen LogP contribution in [0.5, 0.6) is 5.75 Å². The van der Waals surface area contributed by atoms with Crippen molar-refractivity contribution >= 4 is 5.78 Å². The third kappa shape index (κ3) is 3.48. The molecule has 104 valence electrons. The summed E-state index contributed by atoms with van der Waals surface area (Å²) in [7, 11) is 1.52. The Hall–Kier alpha value is -1.53. The number of hydrogen-bond donors (Lipinski definition) is 0. The summed E-state index contributed by atoms with van der Waals surface area (Å²) in [6, 6.07) is 2.89. The quantitative estimate of drug-likeness (QED) is 0.740. The molecular formula is C13H14F2O4. The van der Waals surface area contributed by atoms with Gasteiger partial charge in [-0.2, -0.15) is 0 Å². The van der Waals surface area contributed by atoms with Gasteiger partial charge >= 0.3 is 0 Å². The fourth-order valence-electron chi connectivity index (χ4n) is 1.80. The fraction of sp³-hybridized carbons (Fsp3) is 0.462. The van der Waals surface area contributed by atoms with Crippen LogP contribution in [-0.2, 0) is 14.3 Å². The summed E-state index contributed by atoms with van der Waals surface area (Å²) in [4.78, 5) is 11.4. The zero-order valence-corrected chi connectivity index (χ0v) is 10.4. The zero-order chi connectivity index (χ0) is 13.8. The van der Waals surface area contributed by atoms with Gasteiger partial charge in [0.25, 0.3) is 0 Å². The minimum atomic E-state index is -0.725. The van der Waals surface area contributed by atoms with E-state index in [1.165, 1.54) is 7.11 Å². The molecule has 0 saturated heterocycles. The SMILES string of the molecule is COCCOC1C(=O)CC1Oc1cc(F)cc(F)c1. The second-order valence-corrected chi connectivity index (χ2v) is 4.22. The zero-order valence-electron chi connectivity index (χ0n) is 10.4. The van der Waals surface area contributed by atoms with Gasteiger partial charge in [0, 0.05) is 31.7 Å². The van der Waals surface area contributed by atoms with Crippen LogP contribution < -0.4 is 4.74 Å². The molecule has 0 N–H and O–H groups in total. The summed E-state index contributed by atoms with van der Waals surface area (Å²) in [5.74, 6) is -1.48. The molecule has 1 aliphatic rings. The van der Waals surface area contributed by atoms with E-state index in [9.17, 15) is 13.6 Å². The van der Waals surface area contributed by atoms with Gasteiger partial charge < -0.3 is 14.2 Å². The first kappa shape index (κ1) is 13.9. The van der Waals surface area contributed by atoms with Crippen LogP contribution in [0.15, 0.2) is 18.2 Å². The molecule has 2 rings (SSSR count). The molecule has 0 aliphatic heterocycles. The maximum atomic E-state index is 13.0. The molecule has 1 aromatic rings. The molecule has 1 aromatic carbocycles. The fourth-order valence-corrected chi connectivity index (χ4v) is 1.80. The van der Waals surface area contributed by atoms with E-state index in [2.05, 4.69) is 0 Å². The van der Waals surface area contributed by atoms with Gasteiger partial charge in [0.15, 0.2) is 11.9 Å². The lowest BCUT2D eigenvalue weighted by molar-refractivity contribution is -0.156.